The first-order valence-electron chi connectivity index (χ1n) is 11.1. The Bertz CT molecular complexity index is 1680. The average Bonchev–Trinajstić information content (AvgIpc) is 3.26. The molecule has 0 aliphatic heterocycles. The Labute approximate surface area is 195 Å². The van der Waals surface area contributed by atoms with Crippen LogP contribution in [0.15, 0.2) is 95.8 Å². The largest absolute Gasteiger partial charge is 0.299 e. The van der Waals surface area contributed by atoms with Crippen LogP contribution in [0.5, 0.6) is 0 Å². The molecule has 6 aromatic rings. The second kappa shape index (κ2) is 7.78. The number of fused-ring (bicyclic) bond motifs is 3. The van der Waals surface area contributed by atoms with E-state index < -0.39 is 0 Å². The Kier molecular flexibility index (Phi) is 4.59. The molecule has 0 radical (unpaired) electrons. The summed E-state index contributed by atoms with van der Waals surface area (Å²) in [5, 5.41) is 0.620. The van der Waals surface area contributed by atoms with Gasteiger partial charge in [0.05, 0.1) is 10.9 Å². The van der Waals surface area contributed by atoms with Gasteiger partial charge in [0.2, 0.25) is 5.95 Å². The van der Waals surface area contributed by atoms with E-state index >= 15 is 0 Å². The lowest BCUT2D eigenvalue weighted by molar-refractivity contribution is 0.880. The van der Waals surface area contributed by atoms with Crippen LogP contribution in [0.2, 0.25) is 0 Å². The van der Waals surface area contributed by atoms with Crippen LogP contribution in [0.3, 0.4) is 0 Å². The SMILES string of the molecule is Cc1cccc2c(=O)n(-c3nc(-c4ccccc4)nc(-c4ccccc4)n3)c3ccc(C)n3c12. The Morgan fingerprint density at radius 2 is 1.26 bits per heavy atom. The van der Waals surface area contributed by atoms with Crippen molar-refractivity contribution >= 4 is 16.6 Å². The van der Waals surface area contributed by atoms with Crippen LogP contribution in [-0.2, 0) is 0 Å². The minimum atomic E-state index is -0.159. The van der Waals surface area contributed by atoms with E-state index in [0.29, 0.717) is 28.6 Å². The molecule has 0 fully saturated rings. The van der Waals surface area contributed by atoms with Crippen LogP contribution >= 0.6 is 0 Å². The van der Waals surface area contributed by atoms with Crippen LogP contribution in [0.1, 0.15) is 11.3 Å². The normalized spacial score (nSPS) is 11.4. The molecule has 3 heterocycles. The van der Waals surface area contributed by atoms with Gasteiger partial charge in [0, 0.05) is 16.8 Å². The number of hydrogen-bond acceptors (Lipinski definition) is 4. The predicted octanol–water partition coefficient (Wildman–Crippen LogP) is 5.38. The van der Waals surface area contributed by atoms with Crippen molar-refractivity contribution in [2.45, 2.75) is 13.8 Å². The topological polar surface area (TPSA) is 65.1 Å². The Morgan fingerprint density at radius 3 is 1.88 bits per heavy atom. The van der Waals surface area contributed by atoms with E-state index in [1.54, 1.807) is 4.57 Å². The summed E-state index contributed by atoms with van der Waals surface area (Å²) in [4.78, 5) is 28.1. The quantitative estimate of drug-likeness (QED) is 0.368. The zero-order chi connectivity index (χ0) is 23.2. The van der Waals surface area contributed by atoms with Crippen molar-refractivity contribution in [1.29, 1.82) is 0 Å². The zero-order valence-corrected chi connectivity index (χ0v) is 18.8. The van der Waals surface area contributed by atoms with Gasteiger partial charge in [-0.2, -0.15) is 9.97 Å². The van der Waals surface area contributed by atoms with Gasteiger partial charge in [-0.25, -0.2) is 9.55 Å². The fourth-order valence-electron chi connectivity index (χ4n) is 4.43. The Balaban J connectivity index is 1.73. The lowest BCUT2D eigenvalue weighted by Crippen LogP contribution is -2.24. The number of aryl methyl sites for hydroxylation is 2. The highest BCUT2D eigenvalue weighted by atomic mass is 16.1. The lowest BCUT2D eigenvalue weighted by atomic mass is 10.1. The molecule has 6 rings (SSSR count). The van der Waals surface area contributed by atoms with E-state index in [-0.39, 0.29) is 5.56 Å². The molecule has 0 bridgehead atoms. The first kappa shape index (κ1) is 20.1. The highest BCUT2D eigenvalue weighted by molar-refractivity contribution is 5.85. The molecular weight excluding hydrogens is 422 g/mol. The van der Waals surface area contributed by atoms with E-state index in [2.05, 4.69) is 4.40 Å². The molecule has 0 saturated carbocycles. The van der Waals surface area contributed by atoms with Crippen molar-refractivity contribution in [2.75, 3.05) is 0 Å². The van der Waals surface area contributed by atoms with Crippen molar-refractivity contribution in [3.8, 4) is 28.7 Å². The maximum absolute atomic E-state index is 13.8. The second-order valence-corrected chi connectivity index (χ2v) is 8.29. The molecule has 3 aromatic heterocycles. The summed E-state index contributed by atoms with van der Waals surface area (Å²) in [5.41, 5.74) is 5.25. The third-order valence-corrected chi connectivity index (χ3v) is 6.07. The highest BCUT2D eigenvalue weighted by Crippen LogP contribution is 2.25. The zero-order valence-electron chi connectivity index (χ0n) is 18.8. The standard InChI is InChI=1S/C28H21N5O/c1-18-10-9-15-22-24(18)32-19(2)16-17-23(32)33(27(22)34)28-30-25(20-11-5-3-6-12-20)29-26(31-28)21-13-7-4-8-14-21/h3-17H,1-2H3. The molecule has 3 aromatic carbocycles. The van der Waals surface area contributed by atoms with E-state index in [1.807, 2.05) is 105 Å². The van der Waals surface area contributed by atoms with Gasteiger partial charge in [-0.15, -0.1) is 0 Å². The van der Waals surface area contributed by atoms with Gasteiger partial charge in [0.15, 0.2) is 11.6 Å². The minimum Gasteiger partial charge on any atom is -0.299 e. The summed E-state index contributed by atoms with van der Waals surface area (Å²) in [7, 11) is 0. The molecule has 0 saturated heterocycles. The molecule has 0 aliphatic rings. The molecule has 6 nitrogen and oxygen atoms in total. The van der Waals surface area contributed by atoms with Gasteiger partial charge in [-0.3, -0.25) is 9.20 Å². The predicted molar refractivity (Wildman–Crippen MR) is 134 cm³/mol. The molecular formula is C28H21N5O. The van der Waals surface area contributed by atoms with Crippen LogP contribution in [0.25, 0.3) is 45.3 Å². The van der Waals surface area contributed by atoms with Gasteiger partial charge in [-0.05, 0) is 37.6 Å². The number of aromatic nitrogens is 5. The van der Waals surface area contributed by atoms with Gasteiger partial charge < -0.3 is 0 Å². The lowest BCUT2D eigenvalue weighted by Gasteiger charge is -2.14. The first-order valence-corrected chi connectivity index (χ1v) is 11.1. The number of rotatable bonds is 3. The molecule has 6 heteroatoms. The molecule has 0 spiro atoms. The van der Waals surface area contributed by atoms with Crippen LogP contribution in [-0.4, -0.2) is 23.9 Å². The first-order chi connectivity index (χ1) is 16.6. The third-order valence-electron chi connectivity index (χ3n) is 6.07. The Hall–Kier alpha value is -4.58. The summed E-state index contributed by atoms with van der Waals surface area (Å²) < 4.78 is 3.69. The highest BCUT2D eigenvalue weighted by Gasteiger charge is 2.19. The van der Waals surface area contributed by atoms with Crippen LogP contribution < -0.4 is 5.56 Å². The van der Waals surface area contributed by atoms with Crippen LogP contribution in [0.4, 0.5) is 0 Å². The smallest absolute Gasteiger partial charge is 0.268 e. The fraction of sp³-hybridized carbons (Fsp3) is 0.0714. The molecule has 0 unspecified atom stereocenters. The van der Waals surface area contributed by atoms with Crippen molar-refractivity contribution in [3.63, 3.8) is 0 Å². The van der Waals surface area contributed by atoms with Gasteiger partial charge >= 0.3 is 0 Å². The second-order valence-electron chi connectivity index (χ2n) is 8.29. The number of para-hydroxylation sites is 1. The van der Waals surface area contributed by atoms with Crippen molar-refractivity contribution < 1.29 is 0 Å². The molecule has 34 heavy (non-hydrogen) atoms. The molecule has 0 amide bonds. The van der Waals surface area contributed by atoms with E-state index in [0.717, 1.165) is 27.9 Å². The maximum Gasteiger partial charge on any atom is 0.268 e. The Morgan fingerprint density at radius 1 is 0.647 bits per heavy atom. The third kappa shape index (κ3) is 3.11. The van der Waals surface area contributed by atoms with E-state index in [9.17, 15) is 4.79 Å². The van der Waals surface area contributed by atoms with Gasteiger partial charge in [0.25, 0.3) is 5.56 Å². The molecule has 0 aliphatic carbocycles. The van der Waals surface area contributed by atoms with Crippen molar-refractivity contribution in [3.05, 3.63) is 113 Å². The monoisotopic (exact) mass is 443 g/mol. The summed E-state index contributed by atoms with van der Waals surface area (Å²) in [6.07, 6.45) is 0. The van der Waals surface area contributed by atoms with Gasteiger partial charge in [0.1, 0.15) is 5.65 Å². The van der Waals surface area contributed by atoms with E-state index in [4.69, 9.17) is 15.0 Å². The van der Waals surface area contributed by atoms with Crippen LogP contribution in [0, 0.1) is 13.8 Å². The van der Waals surface area contributed by atoms with Crippen molar-refractivity contribution in [1.82, 2.24) is 23.9 Å². The summed E-state index contributed by atoms with van der Waals surface area (Å²) >= 11 is 0. The van der Waals surface area contributed by atoms with Gasteiger partial charge in [-0.1, -0.05) is 72.8 Å². The maximum atomic E-state index is 13.8. The fourth-order valence-corrected chi connectivity index (χ4v) is 4.43. The molecule has 164 valence electrons. The molecule has 0 atom stereocenters. The number of nitrogens with zero attached hydrogens (tertiary/aromatic N) is 5. The minimum absolute atomic E-state index is 0.159. The molecule has 0 N–H and O–H groups in total. The summed E-state index contributed by atoms with van der Waals surface area (Å²) in [5.74, 6) is 1.33. The summed E-state index contributed by atoms with van der Waals surface area (Å²) in [6.45, 7) is 4.06. The van der Waals surface area contributed by atoms with Crippen molar-refractivity contribution in [2.24, 2.45) is 0 Å². The van der Waals surface area contributed by atoms with E-state index in [1.165, 1.54) is 0 Å². The summed E-state index contributed by atoms with van der Waals surface area (Å²) in [6, 6.07) is 29.2. The average molecular weight is 444 g/mol. The number of benzene rings is 3. The number of hydrogen-bond donors (Lipinski definition) is 0.